The molecule has 4 N–H and O–H groups in total. The molecule has 1 aromatic carbocycles. The van der Waals surface area contributed by atoms with Crippen molar-refractivity contribution in [3.63, 3.8) is 0 Å². The molecule has 0 saturated carbocycles. The number of aromatic hydroxyl groups is 2. The fourth-order valence-corrected chi connectivity index (χ4v) is 3.85. The minimum atomic E-state index is -1.01. The number of aliphatic hydroxyl groups is 2. The molecule has 0 radical (unpaired) electrons. The Kier molecular flexibility index (Phi) is 10.9. The highest BCUT2D eigenvalue weighted by molar-refractivity contribution is 5.69. The maximum Gasteiger partial charge on any atom is 0.126 e. The van der Waals surface area contributed by atoms with Gasteiger partial charge in [-0.3, -0.25) is 0 Å². The summed E-state index contributed by atoms with van der Waals surface area (Å²) in [7, 11) is 0. The van der Waals surface area contributed by atoms with Gasteiger partial charge in [-0.15, -0.1) is 0 Å². The van der Waals surface area contributed by atoms with Crippen LogP contribution in [0.2, 0.25) is 0 Å². The van der Waals surface area contributed by atoms with Gasteiger partial charge in [-0.25, -0.2) is 0 Å². The van der Waals surface area contributed by atoms with Gasteiger partial charge in [0, 0.05) is 11.1 Å². The summed E-state index contributed by atoms with van der Waals surface area (Å²) in [6.07, 6.45) is 14.1. The summed E-state index contributed by atoms with van der Waals surface area (Å²) in [5.74, 6) is 0.332. The van der Waals surface area contributed by atoms with E-state index in [0.717, 1.165) is 38.5 Å². The molecular formula is C29H46O4. The van der Waals surface area contributed by atoms with E-state index in [2.05, 4.69) is 26.0 Å². The Labute approximate surface area is 201 Å². The van der Waals surface area contributed by atoms with E-state index in [0.29, 0.717) is 28.7 Å². The molecule has 0 aromatic heterocycles. The van der Waals surface area contributed by atoms with Crippen LogP contribution < -0.4 is 0 Å². The van der Waals surface area contributed by atoms with E-state index in [4.69, 9.17) is 0 Å². The number of benzene rings is 1. The minimum absolute atomic E-state index is 0.147. The Morgan fingerprint density at radius 3 is 1.91 bits per heavy atom. The van der Waals surface area contributed by atoms with Crippen molar-refractivity contribution in [3.05, 3.63) is 51.6 Å². The van der Waals surface area contributed by atoms with Crippen LogP contribution in [0.25, 0.3) is 6.08 Å². The Bertz CT molecular complexity index is 851. The zero-order valence-electron chi connectivity index (χ0n) is 22.0. The van der Waals surface area contributed by atoms with Crippen LogP contribution in [-0.4, -0.2) is 31.6 Å². The second kappa shape index (κ2) is 12.4. The normalized spacial score (nSPS) is 15.3. The highest BCUT2D eigenvalue weighted by Crippen LogP contribution is 2.37. The molecule has 1 atom stereocenters. The van der Waals surface area contributed by atoms with Gasteiger partial charge >= 0.3 is 0 Å². The summed E-state index contributed by atoms with van der Waals surface area (Å²) in [4.78, 5) is 0. The first-order valence-electron chi connectivity index (χ1n) is 12.1. The van der Waals surface area contributed by atoms with Crippen LogP contribution in [0, 0.1) is 20.8 Å². The van der Waals surface area contributed by atoms with Crippen LogP contribution in [-0.2, 0) is 0 Å². The Balaban J connectivity index is 2.59. The van der Waals surface area contributed by atoms with Crippen LogP contribution in [0.5, 0.6) is 11.5 Å². The van der Waals surface area contributed by atoms with Gasteiger partial charge < -0.3 is 20.4 Å². The van der Waals surface area contributed by atoms with Crippen molar-refractivity contribution in [2.45, 2.75) is 112 Å². The van der Waals surface area contributed by atoms with E-state index in [1.807, 2.05) is 13.8 Å². The monoisotopic (exact) mass is 458 g/mol. The largest absolute Gasteiger partial charge is 0.507 e. The summed E-state index contributed by atoms with van der Waals surface area (Å²) >= 11 is 0. The fourth-order valence-electron chi connectivity index (χ4n) is 3.85. The lowest BCUT2D eigenvalue weighted by molar-refractivity contribution is 0.0689. The van der Waals surface area contributed by atoms with E-state index in [9.17, 15) is 20.4 Å². The molecule has 1 rings (SSSR count). The molecular weight excluding hydrogens is 412 g/mol. The molecule has 0 heterocycles. The average molecular weight is 459 g/mol. The molecule has 0 bridgehead atoms. The van der Waals surface area contributed by atoms with Gasteiger partial charge in [0.05, 0.1) is 11.2 Å². The predicted octanol–water partition coefficient (Wildman–Crippen LogP) is 7.18. The van der Waals surface area contributed by atoms with Crippen molar-refractivity contribution < 1.29 is 20.4 Å². The van der Waals surface area contributed by atoms with Crippen molar-refractivity contribution in [2.75, 3.05) is 0 Å². The molecule has 0 spiro atoms. The Morgan fingerprint density at radius 2 is 1.30 bits per heavy atom. The molecule has 4 nitrogen and oxygen atoms in total. The molecule has 1 aromatic rings. The Hall–Kier alpha value is -2.04. The van der Waals surface area contributed by atoms with Crippen molar-refractivity contribution in [1.82, 2.24) is 0 Å². The number of allylic oxidation sites excluding steroid dienone is 4. The summed E-state index contributed by atoms with van der Waals surface area (Å²) < 4.78 is 0. The van der Waals surface area contributed by atoms with Gasteiger partial charge in [0.25, 0.3) is 0 Å². The van der Waals surface area contributed by atoms with Crippen molar-refractivity contribution in [2.24, 2.45) is 0 Å². The first kappa shape index (κ1) is 29.0. The van der Waals surface area contributed by atoms with Gasteiger partial charge in [-0.1, -0.05) is 35.5 Å². The quantitative estimate of drug-likeness (QED) is 0.197. The molecule has 33 heavy (non-hydrogen) atoms. The SMILES string of the molecule is CC(=CCCC(C)(O)C=Cc1c(C)c(O)c(C)c(C)c1O)CCC=C(C)CCCC(C)(C)O. The van der Waals surface area contributed by atoms with E-state index >= 15 is 0 Å². The number of phenolic OH excluding ortho intramolecular Hbond substituents is 2. The molecule has 0 aliphatic rings. The highest BCUT2D eigenvalue weighted by atomic mass is 16.3. The number of phenols is 2. The zero-order valence-corrected chi connectivity index (χ0v) is 22.0. The van der Waals surface area contributed by atoms with Crippen LogP contribution in [0.15, 0.2) is 29.4 Å². The lowest BCUT2D eigenvalue weighted by atomic mass is 9.93. The third-order valence-electron chi connectivity index (χ3n) is 6.43. The van der Waals surface area contributed by atoms with Crippen molar-refractivity contribution >= 4 is 6.08 Å². The average Bonchev–Trinajstić information content (AvgIpc) is 2.69. The maximum absolute atomic E-state index is 10.8. The van der Waals surface area contributed by atoms with E-state index in [1.165, 1.54) is 11.1 Å². The van der Waals surface area contributed by atoms with Crippen LogP contribution in [0.1, 0.15) is 102 Å². The van der Waals surface area contributed by atoms with E-state index in [-0.39, 0.29) is 11.5 Å². The zero-order chi connectivity index (χ0) is 25.4. The summed E-state index contributed by atoms with van der Waals surface area (Å²) in [5.41, 5.74) is 3.57. The molecule has 1 unspecified atom stereocenters. The maximum atomic E-state index is 10.8. The number of rotatable bonds is 12. The minimum Gasteiger partial charge on any atom is -0.507 e. The topological polar surface area (TPSA) is 80.9 Å². The summed E-state index contributed by atoms with van der Waals surface area (Å²) in [5, 5.41) is 41.3. The van der Waals surface area contributed by atoms with E-state index in [1.54, 1.807) is 39.8 Å². The second-order valence-electron chi connectivity index (χ2n) is 10.5. The third kappa shape index (κ3) is 10.2. The lowest BCUT2D eigenvalue weighted by Crippen LogP contribution is -2.20. The fraction of sp³-hybridized carbons (Fsp3) is 0.586. The first-order chi connectivity index (χ1) is 15.1. The van der Waals surface area contributed by atoms with Gasteiger partial charge in [0.15, 0.2) is 0 Å². The highest BCUT2D eigenvalue weighted by Gasteiger charge is 2.18. The molecule has 0 amide bonds. The van der Waals surface area contributed by atoms with Gasteiger partial charge in [-0.05, 0) is 111 Å². The standard InChI is InChI=1S/C29H46O4/c1-20(14-10-17-28(6,7)32)12-9-13-21(2)15-11-18-29(8,33)19-16-25-24(5)26(30)22(3)23(4)27(25)31/h12,15-16,19,30-33H,9-11,13-14,17-18H2,1-8H3. The first-order valence-corrected chi connectivity index (χ1v) is 12.1. The van der Waals surface area contributed by atoms with Gasteiger partial charge in [0.1, 0.15) is 11.5 Å². The number of hydrogen-bond donors (Lipinski definition) is 4. The second-order valence-corrected chi connectivity index (χ2v) is 10.5. The smallest absolute Gasteiger partial charge is 0.126 e. The van der Waals surface area contributed by atoms with E-state index < -0.39 is 11.2 Å². The molecule has 0 fully saturated rings. The molecule has 0 saturated heterocycles. The van der Waals surface area contributed by atoms with Crippen molar-refractivity contribution in [1.29, 1.82) is 0 Å². The summed E-state index contributed by atoms with van der Waals surface area (Å²) in [6.45, 7) is 15.1. The molecule has 0 aliphatic heterocycles. The molecule has 186 valence electrons. The van der Waals surface area contributed by atoms with Crippen LogP contribution >= 0.6 is 0 Å². The van der Waals surface area contributed by atoms with Gasteiger partial charge in [-0.2, -0.15) is 0 Å². The predicted molar refractivity (Wildman–Crippen MR) is 140 cm³/mol. The van der Waals surface area contributed by atoms with Gasteiger partial charge in [0.2, 0.25) is 0 Å². The lowest BCUT2D eigenvalue weighted by Gasteiger charge is -2.19. The molecule has 4 heteroatoms. The Morgan fingerprint density at radius 1 is 0.758 bits per heavy atom. The van der Waals surface area contributed by atoms with Crippen LogP contribution in [0.4, 0.5) is 0 Å². The van der Waals surface area contributed by atoms with Crippen LogP contribution in [0.3, 0.4) is 0 Å². The number of hydrogen-bond acceptors (Lipinski definition) is 4. The summed E-state index contributed by atoms with van der Waals surface area (Å²) in [6, 6.07) is 0. The van der Waals surface area contributed by atoms with Crippen molar-refractivity contribution in [3.8, 4) is 11.5 Å². The third-order valence-corrected chi connectivity index (χ3v) is 6.43. The molecule has 0 aliphatic carbocycles.